The molecule has 0 aromatic heterocycles. The Morgan fingerprint density at radius 1 is 1.39 bits per heavy atom. The molecule has 0 saturated carbocycles. The smallest absolute Gasteiger partial charge is 0.237 e. The number of rotatable bonds is 6. The molecule has 3 N–H and O–H groups in total. The van der Waals surface area contributed by atoms with Gasteiger partial charge in [-0.05, 0) is 31.0 Å². The fourth-order valence-electron chi connectivity index (χ4n) is 1.74. The van der Waals surface area contributed by atoms with E-state index >= 15 is 0 Å². The van der Waals surface area contributed by atoms with Crippen LogP contribution in [0.5, 0.6) is 5.75 Å². The molecule has 1 amide bonds. The van der Waals surface area contributed by atoms with Gasteiger partial charge in [0.1, 0.15) is 5.75 Å². The number of amides is 1. The van der Waals surface area contributed by atoms with Crippen molar-refractivity contribution in [3.05, 3.63) is 29.8 Å². The number of nitrogens with two attached hydrogens (primary N) is 1. The van der Waals surface area contributed by atoms with Gasteiger partial charge in [-0.3, -0.25) is 4.79 Å². The van der Waals surface area contributed by atoms with Crippen LogP contribution in [0.2, 0.25) is 0 Å². The summed E-state index contributed by atoms with van der Waals surface area (Å²) in [6, 6.07) is 7.17. The van der Waals surface area contributed by atoms with Crippen LogP contribution in [0.15, 0.2) is 24.3 Å². The van der Waals surface area contributed by atoms with Gasteiger partial charge in [-0.15, -0.1) is 0 Å². The van der Waals surface area contributed by atoms with E-state index in [4.69, 9.17) is 10.5 Å². The molecular formula is C14H22N2O2. The maximum Gasteiger partial charge on any atom is 0.237 e. The van der Waals surface area contributed by atoms with Crippen molar-refractivity contribution in [2.45, 2.75) is 38.8 Å². The van der Waals surface area contributed by atoms with Crippen LogP contribution in [0.4, 0.5) is 0 Å². The molecule has 1 unspecified atom stereocenters. The number of nitrogens with one attached hydrogen (secondary N) is 1. The molecule has 0 heterocycles. The molecular weight excluding hydrogens is 228 g/mol. The van der Waals surface area contributed by atoms with E-state index in [1.54, 1.807) is 7.11 Å². The minimum Gasteiger partial charge on any atom is -0.497 e. The van der Waals surface area contributed by atoms with E-state index in [-0.39, 0.29) is 11.9 Å². The summed E-state index contributed by atoms with van der Waals surface area (Å²) in [4.78, 5) is 11.8. The highest BCUT2D eigenvalue weighted by Crippen LogP contribution is 2.17. The van der Waals surface area contributed by atoms with Gasteiger partial charge < -0.3 is 15.8 Å². The number of hydrogen-bond donors (Lipinski definition) is 2. The van der Waals surface area contributed by atoms with Gasteiger partial charge in [-0.1, -0.05) is 25.5 Å². The summed E-state index contributed by atoms with van der Waals surface area (Å²) >= 11 is 0. The van der Waals surface area contributed by atoms with E-state index in [0.717, 1.165) is 17.7 Å². The quantitative estimate of drug-likeness (QED) is 0.811. The molecule has 0 spiro atoms. The summed E-state index contributed by atoms with van der Waals surface area (Å²) in [6.07, 6.45) is 1.62. The van der Waals surface area contributed by atoms with Crippen LogP contribution in [-0.4, -0.2) is 19.1 Å². The molecule has 0 aliphatic carbocycles. The van der Waals surface area contributed by atoms with E-state index < -0.39 is 6.04 Å². The number of methoxy groups -OCH3 is 1. The van der Waals surface area contributed by atoms with Gasteiger partial charge in [-0.25, -0.2) is 0 Å². The third kappa shape index (κ3) is 4.04. The zero-order valence-corrected chi connectivity index (χ0v) is 11.3. The van der Waals surface area contributed by atoms with Crippen LogP contribution < -0.4 is 15.8 Å². The van der Waals surface area contributed by atoms with Crippen molar-refractivity contribution in [3.8, 4) is 5.75 Å². The minimum atomic E-state index is -0.421. The molecule has 1 aromatic rings. The number of carbonyl (C=O) groups is 1. The van der Waals surface area contributed by atoms with Gasteiger partial charge in [0, 0.05) is 0 Å². The van der Waals surface area contributed by atoms with Crippen LogP contribution in [0, 0.1) is 0 Å². The first kappa shape index (κ1) is 14.5. The predicted molar refractivity (Wildman–Crippen MR) is 72.4 cm³/mol. The Morgan fingerprint density at radius 2 is 2.00 bits per heavy atom. The van der Waals surface area contributed by atoms with E-state index in [1.807, 2.05) is 38.1 Å². The Labute approximate surface area is 109 Å². The normalized spacial score (nSPS) is 13.8. The Balaban J connectivity index is 2.58. The van der Waals surface area contributed by atoms with E-state index in [1.165, 1.54) is 0 Å². The number of carbonyl (C=O) groups excluding carboxylic acids is 1. The molecule has 0 fully saturated rings. The SMILES string of the molecule is CCCC(N)C(=O)N[C@@H](C)c1ccc(OC)cc1. The monoisotopic (exact) mass is 250 g/mol. The van der Waals surface area contributed by atoms with Crippen LogP contribution >= 0.6 is 0 Å². The summed E-state index contributed by atoms with van der Waals surface area (Å²) in [6.45, 7) is 3.96. The summed E-state index contributed by atoms with van der Waals surface area (Å²) < 4.78 is 5.09. The first-order valence-corrected chi connectivity index (χ1v) is 6.28. The molecule has 0 bridgehead atoms. The van der Waals surface area contributed by atoms with Crippen molar-refractivity contribution < 1.29 is 9.53 Å². The third-order valence-corrected chi connectivity index (χ3v) is 2.91. The molecule has 0 aliphatic rings. The molecule has 0 radical (unpaired) electrons. The summed E-state index contributed by atoms with van der Waals surface area (Å²) in [5.41, 5.74) is 6.80. The van der Waals surface area contributed by atoms with Crippen molar-refractivity contribution in [1.29, 1.82) is 0 Å². The third-order valence-electron chi connectivity index (χ3n) is 2.91. The van der Waals surface area contributed by atoms with Gasteiger partial charge in [0.15, 0.2) is 0 Å². The average Bonchev–Trinajstić information content (AvgIpc) is 2.39. The average molecular weight is 250 g/mol. The fourth-order valence-corrected chi connectivity index (χ4v) is 1.74. The van der Waals surface area contributed by atoms with Crippen LogP contribution in [0.1, 0.15) is 38.3 Å². The maximum atomic E-state index is 11.8. The van der Waals surface area contributed by atoms with Crippen LogP contribution in [-0.2, 0) is 4.79 Å². The first-order chi connectivity index (χ1) is 8.58. The minimum absolute atomic E-state index is 0.0497. The van der Waals surface area contributed by atoms with Gasteiger partial charge in [0.05, 0.1) is 19.2 Å². The number of hydrogen-bond acceptors (Lipinski definition) is 3. The lowest BCUT2D eigenvalue weighted by Crippen LogP contribution is -2.41. The molecule has 1 aromatic carbocycles. The highest BCUT2D eigenvalue weighted by Gasteiger charge is 2.15. The Hall–Kier alpha value is -1.55. The maximum absolute atomic E-state index is 11.8. The summed E-state index contributed by atoms with van der Waals surface area (Å²) in [5, 5.41) is 2.91. The molecule has 0 saturated heterocycles. The molecule has 18 heavy (non-hydrogen) atoms. The van der Waals surface area contributed by atoms with Crippen molar-refractivity contribution >= 4 is 5.91 Å². The molecule has 4 heteroatoms. The zero-order valence-electron chi connectivity index (χ0n) is 11.3. The highest BCUT2D eigenvalue weighted by molar-refractivity contribution is 5.81. The summed E-state index contributed by atoms with van der Waals surface area (Å²) in [5.74, 6) is 0.708. The largest absolute Gasteiger partial charge is 0.497 e. The van der Waals surface area contributed by atoms with Gasteiger partial charge in [0.2, 0.25) is 5.91 Å². The predicted octanol–water partition coefficient (Wildman–Crippen LogP) is 2.00. The zero-order chi connectivity index (χ0) is 13.5. The second-order valence-electron chi connectivity index (χ2n) is 4.40. The van der Waals surface area contributed by atoms with E-state index in [2.05, 4.69) is 5.32 Å². The second-order valence-corrected chi connectivity index (χ2v) is 4.40. The lowest BCUT2D eigenvalue weighted by atomic mass is 10.1. The molecule has 0 aliphatic heterocycles. The fraction of sp³-hybridized carbons (Fsp3) is 0.500. The number of benzene rings is 1. The second kappa shape index (κ2) is 7.01. The topological polar surface area (TPSA) is 64.4 Å². The number of ether oxygens (including phenoxy) is 1. The highest BCUT2D eigenvalue weighted by atomic mass is 16.5. The van der Waals surface area contributed by atoms with Crippen LogP contribution in [0.3, 0.4) is 0 Å². The Kier molecular flexibility index (Phi) is 5.65. The van der Waals surface area contributed by atoms with Crippen molar-refractivity contribution in [2.24, 2.45) is 5.73 Å². The lowest BCUT2D eigenvalue weighted by Gasteiger charge is -2.17. The van der Waals surface area contributed by atoms with E-state index in [0.29, 0.717) is 6.42 Å². The van der Waals surface area contributed by atoms with Crippen molar-refractivity contribution in [3.63, 3.8) is 0 Å². The Morgan fingerprint density at radius 3 is 2.50 bits per heavy atom. The molecule has 4 nitrogen and oxygen atoms in total. The Bertz CT molecular complexity index is 376. The van der Waals surface area contributed by atoms with Gasteiger partial charge in [-0.2, -0.15) is 0 Å². The van der Waals surface area contributed by atoms with Gasteiger partial charge >= 0.3 is 0 Å². The van der Waals surface area contributed by atoms with Crippen LogP contribution in [0.25, 0.3) is 0 Å². The molecule has 1 rings (SSSR count). The van der Waals surface area contributed by atoms with Gasteiger partial charge in [0.25, 0.3) is 0 Å². The molecule has 2 atom stereocenters. The first-order valence-electron chi connectivity index (χ1n) is 6.28. The standard InChI is InChI=1S/C14H22N2O2/c1-4-5-13(15)14(17)16-10(2)11-6-8-12(18-3)9-7-11/h6-10,13H,4-5,15H2,1-3H3,(H,16,17)/t10-,13?/m0/s1. The van der Waals surface area contributed by atoms with Crippen molar-refractivity contribution in [2.75, 3.05) is 7.11 Å². The van der Waals surface area contributed by atoms with E-state index in [9.17, 15) is 4.79 Å². The summed E-state index contributed by atoms with van der Waals surface area (Å²) in [7, 11) is 1.63. The lowest BCUT2D eigenvalue weighted by molar-refractivity contribution is -0.123. The van der Waals surface area contributed by atoms with Crippen molar-refractivity contribution in [1.82, 2.24) is 5.32 Å². The molecule has 100 valence electrons.